The predicted molar refractivity (Wildman–Crippen MR) is 85.1 cm³/mol. The van der Waals surface area contributed by atoms with Crippen molar-refractivity contribution in [2.24, 2.45) is 5.73 Å². The zero-order valence-electron chi connectivity index (χ0n) is 12.4. The molecule has 6 heteroatoms. The topological polar surface area (TPSA) is 75.4 Å². The van der Waals surface area contributed by atoms with E-state index in [1.165, 1.54) is 0 Å². The molecule has 0 saturated carbocycles. The van der Waals surface area contributed by atoms with Gasteiger partial charge in [-0.05, 0) is 24.8 Å². The minimum absolute atomic E-state index is 0.263. The summed E-state index contributed by atoms with van der Waals surface area (Å²) in [5.74, 6) is 0. The van der Waals surface area contributed by atoms with Crippen molar-refractivity contribution >= 4 is 10.2 Å². The molecule has 1 aromatic rings. The Morgan fingerprint density at radius 2 is 1.71 bits per heavy atom. The molecule has 2 rings (SSSR count). The summed E-state index contributed by atoms with van der Waals surface area (Å²) in [6.45, 7) is 1.51. The number of hydrogen-bond acceptors (Lipinski definition) is 3. The summed E-state index contributed by atoms with van der Waals surface area (Å²) in [4.78, 5) is 0. The average Bonchev–Trinajstić information content (AvgIpc) is 2.77. The van der Waals surface area contributed by atoms with Gasteiger partial charge in [0, 0.05) is 25.7 Å². The lowest BCUT2D eigenvalue weighted by Crippen LogP contribution is -2.49. The molecule has 0 amide bonds. The third kappa shape index (κ3) is 5.07. The molecule has 118 valence electrons. The normalized spacial score (nSPS) is 19.1. The van der Waals surface area contributed by atoms with Crippen molar-refractivity contribution in [3.63, 3.8) is 0 Å². The number of benzene rings is 1. The molecule has 0 aliphatic carbocycles. The largest absolute Gasteiger partial charge is 0.329 e. The summed E-state index contributed by atoms with van der Waals surface area (Å²) >= 11 is 0. The Hall–Kier alpha value is -0.950. The average molecular weight is 311 g/mol. The first-order valence-corrected chi connectivity index (χ1v) is 9.07. The van der Waals surface area contributed by atoms with Gasteiger partial charge in [-0.1, -0.05) is 43.2 Å². The summed E-state index contributed by atoms with van der Waals surface area (Å²) in [6.07, 6.45) is 4.71. The Balaban J connectivity index is 1.99. The van der Waals surface area contributed by atoms with E-state index in [1.54, 1.807) is 4.31 Å². The van der Waals surface area contributed by atoms with Crippen LogP contribution in [0.5, 0.6) is 0 Å². The summed E-state index contributed by atoms with van der Waals surface area (Å²) in [5, 5.41) is 0. The third-order valence-corrected chi connectivity index (χ3v) is 5.51. The SMILES string of the molecule is NCC(Cc1ccccc1)NS(=O)(=O)N1CCCCCC1. The molecular formula is C15H25N3O2S. The monoisotopic (exact) mass is 311 g/mol. The highest BCUT2D eigenvalue weighted by Gasteiger charge is 2.25. The van der Waals surface area contributed by atoms with E-state index in [9.17, 15) is 8.42 Å². The molecule has 1 saturated heterocycles. The summed E-state index contributed by atoms with van der Waals surface area (Å²) < 4.78 is 29.2. The molecule has 1 aliphatic rings. The first-order chi connectivity index (χ1) is 10.1. The van der Waals surface area contributed by atoms with Gasteiger partial charge in [0.25, 0.3) is 10.2 Å². The third-order valence-electron chi connectivity index (χ3n) is 3.83. The number of hydrogen-bond donors (Lipinski definition) is 2. The van der Waals surface area contributed by atoms with Crippen LogP contribution in [0.15, 0.2) is 30.3 Å². The van der Waals surface area contributed by atoms with Gasteiger partial charge in [-0.15, -0.1) is 0 Å². The molecule has 0 spiro atoms. The maximum absolute atomic E-state index is 12.5. The van der Waals surface area contributed by atoms with Crippen molar-refractivity contribution in [2.45, 2.75) is 38.1 Å². The molecule has 0 aromatic heterocycles. The summed E-state index contributed by atoms with van der Waals surface area (Å²) in [7, 11) is -3.43. The van der Waals surface area contributed by atoms with Crippen molar-refractivity contribution in [3.8, 4) is 0 Å². The summed E-state index contributed by atoms with van der Waals surface area (Å²) in [5.41, 5.74) is 6.83. The second-order valence-electron chi connectivity index (χ2n) is 5.56. The van der Waals surface area contributed by atoms with Crippen molar-refractivity contribution in [3.05, 3.63) is 35.9 Å². The molecule has 1 atom stereocenters. The van der Waals surface area contributed by atoms with Crippen LogP contribution in [-0.4, -0.2) is 38.4 Å². The van der Waals surface area contributed by atoms with E-state index < -0.39 is 10.2 Å². The molecule has 0 bridgehead atoms. The smallest absolute Gasteiger partial charge is 0.279 e. The Kier molecular flexibility index (Phi) is 6.17. The van der Waals surface area contributed by atoms with Crippen LogP contribution in [0.3, 0.4) is 0 Å². The molecule has 5 nitrogen and oxygen atoms in total. The van der Waals surface area contributed by atoms with E-state index in [1.807, 2.05) is 30.3 Å². The van der Waals surface area contributed by atoms with Crippen molar-refractivity contribution in [2.75, 3.05) is 19.6 Å². The standard InChI is InChI=1S/C15H25N3O2S/c16-13-15(12-14-8-4-3-5-9-14)17-21(19,20)18-10-6-1-2-7-11-18/h3-5,8-9,15,17H,1-2,6-7,10-13,16H2. The van der Waals surface area contributed by atoms with Gasteiger partial charge >= 0.3 is 0 Å². The van der Waals surface area contributed by atoms with E-state index in [0.29, 0.717) is 26.1 Å². The van der Waals surface area contributed by atoms with Crippen molar-refractivity contribution < 1.29 is 8.42 Å². The van der Waals surface area contributed by atoms with Crippen LogP contribution in [0, 0.1) is 0 Å². The van der Waals surface area contributed by atoms with Crippen LogP contribution in [0.2, 0.25) is 0 Å². The van der Waals surface area contributed by atoms with Crippen LogP contribution in [0.25, 0.3) is 0 Å². The second-order valence-corrected chi connectivity index (χ2v) is 7.26. The Morgan fingerprint density at radius 3 is 2.29 bits per heavy atom. The lowest BCUT2D eigenvalue weighted by atomic mass is 10.1. The van der Waals surface area contributed by atoms with Crippen LogP contribution in [-0.2, 0) is 16.6 Å². The molecule has 0 radical (unpaired) electrons. The molecule has 1 heterocycles. The van der Waals surface area contributed by atoms with Gasteiger partial charge in [-0.25, -0.2) is 0 Å². The lowest BCUT2D eigenvalue weighted by Gasteiger charge is -2.24. The number of nitrogens with zero attached hydrogens (tertiary/aromatic N) is 1. The first kappa shape index (κ1) is 16.4. The van der Waals surface area contributed by atoms with E-state index in [2.05, 4.69) is 4.72 Å². The maximum atomic E-state index is 12.5. The molecular weight excluding hydrogens is 286 g/mol. The molecule has 3 N–H and O–H groups in total. The highest BCUT2D eigenvalue weighted by Crippen LogP contribution is 2.13. The fourth-order valence-electron chi connectivity index (χ4n) is 2.64. The predicted octanol–water partition coefficient (Wildman–Crippen LogP) is 1.27. The van der Waals surface area contributed by atoms with Gasteiger partial charge in [0.15, 0.2) is 0 Å². The van der Waals surface area contributed by atoms with E-state index in [0.717, 1.165) is 31.2 Å². The van der Waals surface area contributed by atoms with Crippen LogP contribution in [0.1, 0.15) is 31.2 Å². The number of nitrogens with one attached hydrogen (secondary N) is 1. The second kappa shape index (κ2) is 7.89. The minimum atomic E-state index is -3.43. The van der Waals surface area contributed by atoms with Gasteiger partial charge in [0.1, 0.15) is 0 Å². The van der Waals surface area contributed by atoms with Gasteiger partial charge in [-0.3, -0.25) is 0 Å². The van der Waals surface area contributed by atoms with Crippen LogP contribution < -0.4 is 10.5 Å². The zero-order chi connectivity index (χ0) is 15.1. The fraction of sp³-hybridized carbons (Fsp3) is 0.600. The van der Waals surface area contributed by atoms with Crippen molar-refractivity contribution in [1.29, 1.82) is 0 Å². The van der Waals surface area contributed by atoms with Gasteiger partial charge in [-0.2, -0.15) is 17.4 Å². The number of rotatable bonds is 6. The van der Waals surface area contributed by atoms with E-state index >= 15 is 0 Å². The Bertz CT molecular complexity index is 511. The minimum Gasteiger partial charge on any atom is -0.329 e. The molecule has 1 fully saturated rings. The van der Waals surface area contributed by atoms with E-state index in [-0.39, 0.29) is 6.04 Å². The van der Waals surface area contributed by atoms with E-state index in [4.69, 9.17) is 5.73 Å². The quantitative estimate of drug-likeness (QED) is 0.830. The van der Waals surface area contributed by atoms with Crippen molar-refractivity contribution in [1.82, 2.24) is 9.03 Å². The molecule has 1 aromatic carbocycles. The fourth-order valence-corrected chi connectivity index (χ4v) is 4.13. The Morgan fingerprint density at radius 1 is 1.10 bits per heavy atom. The van der Waals surface area contributed by atoms with Gasteiger partial charge in [0.2, 0.25) is 0 Å². The highest BCUT2D eigenvalue weighted by molar-refractivity contribution is 7.87. The Labute approximate surface area is 127 Å². The summed E-state index contributed by atoms with van der Waals surface area (Å²) in [6, 6.07) is 9.56. The van der Waals surface area contributed by atoms with Crippen LogP contribution >= 0.6 is 0 Å². The van der Waals surface area contributed by atoms with Gasteiger partial charge in [0.05, 0.1) is 0 Å². The maximum Gasteiger partial charge on any atom is 0.279 e. The molecule has 1 unspecified atom stereocenters. The zero-order valence-corrected chi connectivity index (χ0v) is 13.2. The number of nitrogens with two attached hydrogens (primary N) is 1. The van der Waals surface area contributed by atoms with Crippen LogP contribution in [0.4, 0.5) is 0 Å². The molecule has 1 aliphatic heterocycles. The van der Waals surface area contributed by atoms with Gasteiger partial charge < -0.3 is 5.73 Å². The molecule has 21 heavy (non-hydrogen) atoms. The lowest BCUT2D eigenvalue weighted by molar-refractivity contribution is 0.406. The highest BCUT2D eigenvalue weighted by atomic mass is 32.2. The first-order valence-electron chi connectivity index (χ1n) is 7.63.